The van der Waals surface area contributed by atoms with Crippen LogP contribution in [0, 0.1) is 19.3 Å². The zero-order valence-electron chi connectivity index (χ0n) is 10.7. The van der Waals surface area contributed by atoms with Gasteiger partial charge in [-0.2, -0.15) is 0 Å². The molecule has 102 valence electrons. The molecular formula is C14H11BrN2O3. The van der Waals surface area contributed by atoms with E-state index in [-0.39, 0.29) is 13.1 Å². The Hall–Kier alpha value is -2.13. The van der Waals surface area contributed by atoms with E-state index < -0.39 is 17.6 Å². The Morgan fingerprint density at radius 3 is 2.80 bits per heavy atom. The third-order valence-electron chi connectivity index (χ3n) is 2.91. The minimum Gasteiger partial charge on any atom is -0.344 e. The van der Waals surface area contributed by atoms with Gasteiger partial charge in [-0.1, -0.05) is 21.9 Å². The summed E-state index contributed by atoms with van der Waals surface area (Å²) in [6, 6.07) is 3.37. The van der Waals surface area contributed by atoms with Gasteiger partial charge in [0.05, 0.1) is 17.8 Å². The molecule has 1 heterocycles. The Morgan fingerprint density at radius 1 is 1.45 bits per heavy atom. The van der Waals surface area contributed by atoms with Crippen LogP contribution in [0.4, 0.5) is 5.69 Å². The number of nitrogens with zero attached hydrogens (tertiary/aromatic N) is 1. The number of anilines is 1. The third kappa shape index (κ3) is 2.45. The standard InChI is InChI=1S/C14H11BrN2O3/c1-3-4-16-11(18)7-17-12-8(2)5-9(15)6-10(12)13(19)14(17)20/h1,5-6H,4,7H2,2H3,(H,16,18). The average molecular weight is 335 g/mol. The molecule has 1 aliphatic heterocycles. The lowest BCUT2D eigenvalue weighted by Gasteiger charge is -2.17. The van der Waals surface area contributed by atoms with Crippen LogP contribution >= 0.6 is 15.9 Å². The van der Waals surface area contributed by atoms with Crippen LogP contribution in [0.2, 0.25) is 0 Å². The Bertz CT molecular complexity index is 661. The van der Waals surface area contributed by atoms with Crippen LogP contribution < -0.4 is 10.2 Å². The van der Waals surface area contributed by atoms with E-state index in [9.17, 15) is 14.4 Å². The summed E-state index contributed by atoms with van der Waals surface area (Å²) in [5.41, 5.74) is 1.55. The van der Waals surface area contributed by atoms with E-state index in [1.165, 1.54) is 4.90 Å². The van der Waals surface area contributed by atoms with Gasteiger partial charge in [-0.15, -0.1) is 6.42 Å². The summed E-state index contributed by atoms with van der Waals surface area (Å²) < 4.78 is 0.716. The molecule has 0 unspecified atom stereocenters. The quantitative estimate of drug-likeness (QED) is 0.663. The van der Waals surface area contributed by atoms with E-state index in [0.717, 1.165) is 5.56 Å². The number of benzene rings is 1. The van der Waals surface area contributed by atoms with Gasteiger partial charge in [0.15, 0.2) is 0 Å². The van der Waals surface area contributed by atoms with Gasteiger partial charge in [0, 0.05) is 4.47 Å². The summed E-state index contributed by atoms with van der Waals surface area (Å²) >= 11 is 3.28. The lowest BCUT2D eigenvalue weighted by Crippen LogP contribution is -2.40. The molecule has 1 N–H and O–H groups in total. The molecule has 6 heteroatoms. The lowest BCUT2D eigenvalue weighted by molar-refractivity contribution is -0.121. The van der Waals surface area contributed by atoms with Crippen molar-refractivity contribution in [3.8, 4) is 12.3 Å². The number of hydrogen-bond donors (Lipinski definition) is 1. The van der Waals surface area contributed by atoms with Gasteiger partial charge in [-0.3, -0.25) is 19.3 Å². The summed E-state index contributed by atoms with van der Waals surface area (Å²) in [5, 5.41) is 2.47. The summed E-state index contributed by atoms with van der Waals surface area (Å²) in [6.45, 7) is 1.64. The van der Waals surface area contributed by atoms with Crippen LogP contribution in [-0.2, 0) is 9.59 Å². The summed E-state index contributed by atoms with van der Waals surface area (Å²) in [4.78, 5) is 36.8. The first-order chi connectivity index (χ1) is 9.45. The van der Waals surface area contributed by atoms with E-state index in [4.69, 9.17) is 6.42 Å². The molecule has 1 aromatic carbocycles. The molecule has 0 spiro atoms. The molecule has 0 radical (unpaired) electrons. The molecule has 0 aromatic heterocycles. The molecule has 1 aromatic rings. The minimum absolute atomic E-state index is 0.0843. The fourth-order valence-corrected chi connectivity index (χ4v) is 2.68. The average Bonchev–Trinajstić information content (AvgIpc) is 2.62. The second kappa shape index (κ2) is 5.47. The Kier molecular flexibility index (Phi) is 3.91. The fraction of sp³-hybridized carbons (Fsp3) is 0.214. The van der Waals surface area contributed by atoms with Crippen molar-refractivity contribution in [2.45, 2.75) is 6.92 Å². The number of hydrogen-bond acceptors (Lipinski definition) is 3. The highest BCUT2D eigenvalue weighted by Crippen LogP contribution is 2.34. The molecule has 5 nitrogen and oxygen atoms in total. The Balaban J connectivity index is 2.34. The molecular weight excluding hydrogens is 324 g/mol. The van der Waals surface area contributed by atoms with Gasteiger partial charge < -0.3 is 5.32 Å². The van der Waals surface area contributed by atoms with Crippen molar-refractivity contribution in [3.63, 3.8) is 0 Å². The van der Waals surface area contributed by atoms with Crippen LogP contribution in [0.5, 0.6) is 0 Å². The second-order valence-corrected chi connectivity index (χ2v) is 5.24. The molecule has 0 saturated heterocycles. The van der Waals surface area contributed by atoms with E-state index in [1.54, 1.807) is 19.1 Å². The first-order valence-electron chi connectivity index (χ1n) is 5.82. The number of fused-ring (bicyclic) bond motifs is 1. The maximum Gasteiger partial charge on any atom is 0.299 e. The number of nitrogens with one attached hydrogen (secondary N) is 1. The number of carbonyl (C=O) groups is 3. The van der Waals surface area contributed by atoms with Crippen LogP contribution in [0.15, 0.2) is 16.6 Å². The Labute approximate surface area is 124 Å². The molecule has 2 amide bonds. The van der Waals surface area contributed by atoms with E-state index in [0.29, 0.717) is 15.7 Å². The molecule has 0 bridgehead atoms. The molecule has 20 heavy (non-hydrogen) atoms. The maximum absolute atomic E-state index is 12.0. The third-order valence-corrected chi connectivity index (χ3v) is 3.37. The van der Waals surface area contributed by atoms with Crippen LogP contribution in [0.1, 0.15) is 15.9 Å². The topological polar surface area (TPSA) is 66.5 Å². The highest BCUT2D eigenvalue weighted by Gasteiger charge is 2.38. The fourth-order valence-electron chi connectivity index (χ4n) is 2.11. The number of ketones is 1. The van der Waals surface area contributed by atoms with Gasteiger partial charge in [0.2, 0.25) is 5.91 Å². The predicted octanol–water partition coefficient (Wildman–Crippen LogP) is 1.04. The smallest absolute Gasteiger partial charge is 0.299 e. The highest BCUT2D eigenvalue weighted by molar-refractivity contribution is 9.10. The van der Waals surface area contributed by atoms with Crippen molar-refractivity contribution in [2.24, 2.45) is 0 Å². The molecule has 0 fully saturated rings. The van der Waals surface area contributed by atoms with Crippen molar-refractivity contribution in [1.29, 1.82) is 0 Å². The summed E-state index contributed by atoms with van der Waals surface area (Å²) in [6.07, 6.45) is 5.05. The summed E-state index contributed by atoms with van der Waals surface area (Å²) in [7, 11) is 0. The van der Waals surface area contributed by atoms with E-state index >= 15 is 0 Å². The number of carbonyl (C=O) groups excluding carboxylic acids is 3. The van der Waals surface area contributed by atoms with Crippen molar-refractivity contribution >= 4 is 39.2 Å². The normalized spacial score (nSPS) is 13.2. The van der Waals surface area contributed by atoms with E-state index in [1.807, 2.05) is 0 Å². The van der Waals surface area contributed by atoms with Crippen LogP contribution in [0.25, 0.3) is 0 Å². The van der Waals surface area contributed by atoms with Gasteiger partial charge >= 0.3 is 0 Å². The van der Waals surface area contributed by atoms with Crippen LogP contribution in [-0.4, -0.2) is 30.7 Å². The highest BCUT2D eigenvalue weighted by atomic mass is 79.9. The predicted molar refractivity (Wildman–Crippen MR) is 77.4 cm³/mol. The number of halogens is 1. The number of aryl methyl sites for hydroxylation is 1. The molecule has 0 saturated carbocycles. The summed E-state index contributed by atoms with van der Waals surface area (Å²) in [5.74, 6) is 0.570. The van der Waals surface area contributed by atoms with Crippen molar-refractivity contribution in [1.82, 2.24) is 5.32 Å². The van der Waals surface area contributed by atoms with Crippen molar-refractivity contribution in [3.05, 3.63) is 27.7 Å². The number of terminal acetylenes is 1. The number of Topliss-reactive ketones (excluding diaryl/α,β-unsaturated/α-hetero) is 1. The van der Waals surface area contributed by atoms with Gasteiger partial charge in [0.1, 0.15) is 6.54 Å². The van der Waals surface area contributed by atoms with Gasteiger partial charge in [-0.05, 0) is 24.6 Å². The van der Waals surface area contributed by atoms with Crippen molar-refractivity contribution < 1.29 is 14.4 Å². The molecule has 0 atom stereocenters. The molecule has 2 rings (SSSR count). The lowest BCUT2D eigenvalue weighted by atomic mass is 10.1. The van der Waals surface area contributed by atoms with Gasteiger partial charge in [-0.25, -0.2) is 0 Å². The van der Waals surface area contributed by atoms with Crippen LogP contribution in [0.3, 0.4) is 0 Å². The number of rotatable bonds is 3. The first kappa shape index (κ1) is 14.3. The monoisotopic (exact) mass is 334 g/mol. The SMILES string of the molecule is C#CCNC(=O)CN1C(=O)C(=O)c2cc(Br)cc(C)c21. The molecule has 0 aliphatic carbocycles. The zero-order valence-corrected chi connectivity index (χ0v) is 12.3. The zero-order chi connectivity index (χ0) is 14.9. The second-order valence-electron chi connectivity index (χ2n) is 4.32. The van der Waals surface area contributed by atoms with Gasteiger partial charge in [0.25, 0.3) is 11.7 Å². The Morgan fingerprint density at radius 2 is 2.15 bits per heavy atom. The minimum atomic E-state index is -0.697. The largest absolute Gasteiger partial charge is 0.344 e. The molecule has 1 aliphatic rings. The van der Waals surface area contributed by atoms with Crippen molar-refractivity contribution in [2.75, 3.05) is 18.0 Å². The first-order valence-corrected chi connectivity index (χ1v) is 6.61. The maximum atomic E-state index is 12.0. The van der Waals surface area contributed by atoms with E-state index in [2.05, 4.69) is 27.2 Å². The number of amides is 2.